The smallest absolute Gasteiger partial charge is 0.225 e. The molecule has 1 atom stereocenters. The van der Waals surface area contributed by atoms with Crippen LogP contribution in [-0.2, 0) is 4.79 Å². The zero-order valence-corrected chi connectivity index (χ0v) is 13.2. The number of benzene rings is 1. The van der Waals surface area contributed by atoms with Crippen LogP contribution in [0.5, 0.6) is 0 Å². The van der Waals surface area contributed by atoms with Crippen LogP contribution < -0.4 is 0 Å². The molecule has 2 fully saturated rings. The Kier molecular flexibility index (Phi) is 4.91. The molecule has 0 spiro atoms. The third-order valence-corrected chi connectivity index (χ3v) is 5.12. The lowest BCUT2D eigenvalue weighted by Gasteiger charge is -2.35. The molecule has 0 radical (unpaired) electrons. The van der Waals surface area contributed by atoms with Gasteiger partial charge in [-0.1, -0.05) is 49.6 Å². The second-order valence-corrected chi connectivity index (χ2v) is 6.69. The molecule has 1 aromatic carbocycles. The minimum absolute atomic E-state index is 0.0244. The van der Waals surface area contributed by atoms with E-state index < -0.39 is 0 Å². The largest absolute Gasteiger partial charge is 0.342 e. The summed E-state index contributed by atoms with van der Waals surface area (Å²) in [5.74, 6) is 0.676. The van der Waals surface area contributed by atoms with E-state index in [-0.39, 0.29) is 17.6 Å². The van der Waals surface area contributed by atoms with E-state index in [2.05, 4.69) is 0 Å². The molecule has 1 aliphatic heterocycles. The molecule has 1 saturated heterocycles. The number of rotatable bonds is 3. The molecule has 1 amide bonds. The number of likely N-dealkylation sites (tertiary alicyclic amines) is 1. The quantitative estimate of drug-likeness (QED) is 0.798. The van der Waals surface area contributed by atoms with Crippen LogP contribution in [0, 0.1) is 11.8 Å². The fraction of sp³-hybridized carbons (Fsp3) is 0.579. The van der Waals surface area contributed by atoms with Gasteiger partial charge in [0.1, 0.15) is 0 Å². The first-order valence-corrected chi connectivity index (χ1v) is 8.64. The summed E-state index contributed by atoms with van der Waals surface area (Å²) in [7, 11) is 0. The van der Waals surface area contributed by atoms with E-state index in [4.69, 9.17) is 0 Å². The van der Waals surface area contributed by atoms with Crippen LogP contribution in [0.25, 0.3) is 0 Å². The molecule has 22 heavy (non-hydrogen) atoms. The highest BCUT2D eigenvalue weighted by molar-refractivity contribution is 5.98. The number of carbonyl (C=O) groups is 2. The van der Waals surface area contributed by atoms with Crippen molar-refractivity contribution in [2.45, 2.75) is 44.9 Å². The fourth-order valence-electron chi connectivity index (χ4n) is 3.84. The predicted molar refractivity (Wildman–Crippen MR) is 86.7 cm³/mol. The SMILES string of the molecule is O=C(c1ccccc1)C1CCCN(C(=O)C2CCCCC2)C1. The van der Waals surface area contributed by atoms with Crippen molar-refractivity contribution in [2.24, 2.45) is 11.8 Å². The Morgan fingerprint density at radius 3 is 2.27 bits per heavy atom. The van der Waals surface area contributed by atoms with Crippen LogP contribution in [0.15, 0.2) is 30.3 Å². The molecule has 3 rings (SSSR count). The molecule has 2 aliphatic rings. The Labute approximate surface area is 132 Å². The molecule has 1 heterocycles. The molecule has 0 aromatic heterocycles. The Balaban J connectivity index is 1.63. The van der Waals surface area contributed by atoms with Gasteiger partial charge in [0.15, 0.2) is 5.78 Å². The van der Waals surface area contributed by atoms with Crippen LogP contribution in [0.4, 0.5) is 0 Å². The van der Waals surface area contributed by atoms with E-state index in [0.29, 0.717) is 12.5 Å². The second kappa shape index (κ2) is 7.08. The maximum absolute atomic E-state index is 12.7. The summed E-state index contributed by atoms with van der Waals surface area (Å²) in [6, 6.07) is 9.49. The number of carbonyl (C=O) groups excluding carboxylic acids is 2. The number of Topliss-reactive ketones (excluding diaryl/α,β-unsaturated/α-hetero) is 1. The van der Waals surface area contributed by atoms with E-state index in [9.17, 15) is 9.59 Å². The molecule has 118 valence electrons. The average Bonchev–Trinajstić information content (AvgIpc) is 2.62. The van der Waals surface area contributed by atoms with Gasteiger partial charge < -0.3 is 4.90 Å². The van der Waals surface area contributed by atoms with E-state index in [1.165, 1.54) is 19.3 Å². The Bertz CT molecular complexity index is 519. The lowest BCUT2D eigenvalue weighted by atomic mass is 9.86. The first-order chi connectivity index (χ1) is 10.8. The highest BCUT2D eigenvalue weighted by atomic mass is 16.2. The van der Waals surface area contributed by atoms with Crippen LogP contribution in [0.1, 0.15) is 55.3 Å². The molecule has 0 bridgehead atoms. The summed E-state index contributed by atoms with van der Waals surface area (Å²) in [5.41, 5.74) is 0.777. The van der Waals surface area contributed by atoms with Gasteiger partial charge in [0.25, 0.3) is 0 Å². The van der Waals surface area contributed by atoms with Gasteiger partial charge in [-0.2, -0.15) is 0 Å². The second-order valence-electron chi connectivity index (χ2n) is 6.69. The van der Waals surface area contributed by atoms with Crippen LogP contribution in [0.3, 0.4) is 0 Å². The van der Waals surface area contributed by atoms with Gasteiger partial charge in [0.2, 0.25) is 5.91 Å². The van der Waals surface area contributed by atoms with Crippen molar-refractivity contribution in [1.82, 2.24) is 4.90 Å². The van der Waals surface area contributed by atoms with E-state index in [0.717, 1.165) is 37.8 Å². The summed E-state index contributed by atoms with van der Waals surface area (Å²) in [6.07, 6.45) is 7.54. The number of nitrogens with zero attached hydrogens (tertiary/aromatic N) is 1. The van der Waals surface area contributed by atoms with Crippen molar-refractivity contribution in [3.63, 3.8) is 0 Å². The van der Waals surface area contributed by atoms with Crippen molar-refractivity contribution in [1.29, 1.82) is 0 Å². The van der Waals surface area contributed by atoms with Gasteiger partial charge in [-0.3, -0.25) is 9.59 Å². The van der Waals surface area contributed by atoms with Gasteiger partial charge in [-0.25, -0.2) is 0 Å². The van der Waals surface area contributed by atoms with E-state index in [1.54, 1.807) is 0 Å². The zero-order chi connectivity index (χ0) is 15.4. The molecule has 1 aliphatic carbocycles. The van der Waals surface area contributed by atoms with Gasteiger partial charge in [-0.15, -0.1) is 0 Å². The minimum atomic E-state index is -0.0244. The van der Waals surface area contributed by atoms with Gasteiger partial charge in [0.05, 0.1) is 0 Å². The number of hydrogen-bond acceptors (Lipinski definition) is 2. The highest BCUT2D eigenvalue weighted by Gasteiger charge is 2.32. The van der Waals surface area contributed by atoms with Gasteiger partial charge in [0, 0.05) is 30.5 Å². The normalized spacial score (nSPS) is 23.3. The number of ketones is 1. The fourth-order valence-corrected chi connectivity index (χ4v) is 3.84. The predicted octanol–water partition coefficient (Wildman–Crippen LogP) is 3.69. The zero-order valence-electron chi connectivity index (χ0n) is 13.2. The third kappa shape index (κ3) is 3.40. The molecule has 0 N–H and O–H groups in total. The molecule has 1 aromatic rings. The number of hydrogen-bond donors (Lipinski definition) is 0. The highest BCUT2D eigenvalue weighted by Crippen LogP contribution is 2.28. The van der Waals surface area contributed by atoms with Crippen molar-refractivity contribution < 1.29 is 9.59 Å². The van der Waals surface area contributed by atoms with Crippen molar-refractivity contribution in [3.8, 4) is 0 Å². The Hall–Kier alpha value is -1.64. The molecular formula is C19H25NO2. The maximum atomic E-state index is 12.7. The third-order valence-electron chi connectivity index (χ3n) is 5.12. The molecule has 3 heteroatoms. The van der Waals surface area contributed by atoms with Gasteiger partial charge in [-0.05, 0) is 25.7 Å². The van der Waals surface area contributed by atoms with E-state index >= 15 is 0 Å². The first-order valence-electron chi connectivity index (χ1n) is 8.64. The molecule has 3 nitrogen and oxygen atoms in total. The lowest BCUT2D eigenvalue weighted by molar-refractivity contribution is -0.138. The van der Waals surface area contributed by atoms with Crippen molar-refractivity contribution in [2.75, 3.05) is 13.1 Å². The summed E-state index contributed by atoms with van der Waals surface area (Å²) >= 11 is 0. The first kappa shape index (κ1) is 15.3. The Morgan fingerprint density at radius 2 is 1.55 bits per heavy atom. The Morgan fingerprint density at radius 1 is 0.864 bits per heavy atom. The standard InChI is InChI=1S/C19H25NO2/c21-18(15-8-3-1-4-9-15)17-12-7-13-20(14-17)19(22)16-10-5-2-6-11-16/h1,3-4,8-9,16-17H,2,5-7,10-14H2. The van der Waals surface area contributed by atoms with Gasteiger partial charge >= 0.3 is 0 Å². The number of amides is 1. The van der Waals surface area contributed by atoms with Crippen molar-refractivity contribution in [3.05, 3.63) is 35.9 Å². The monoisotopic (exact) mass is 299 g/mol. The molecule has 1 unspecified atom stereocenters. The summed E-state index contributed by atoms with van der Waals surface area (Å²) < 4.78 is 0. The van der Waals surface area contributed by atoms with Crippen molar-refractivity contribution >= 4 is 11.7 Å². The molecular weight excluding hydrogens is 274 g/mol. The lowest BCUT2D eigenvalue weighted by Crippen LogP contribution is -2.45. The van der Waals surface area contributed by atoms with Crippen LogP contribution in [-0.4, -0.2) is 29.7 Å². The average molecular weight is 299 g/mol. The van der Waals surface area contributed by atoms with Crippen LogP contribution >= 0.6 is 0 Å². The molecule has 1 saturated carbocycles. The minimum Gasteiger partial charge on any atom is -0.342 e. The summed E-state index contributed by atoms with van der Waals surface area (Å²) in [4.78, 5) is 27.2. The summed E-state index contributed by atoms with van der Waals surface area (Å²) in [5, 5.41) is 0. The van der Waals surface area contributed by atoms with Crippen LogP contribution in [0.2, 0.25) is 0 Å². The number of piperidine rings is 1. The van der Waals surface area contributed by atoms with E-state index in [1.807, 2.05) is 35.2 Å². The maximum Gasteiger partial charge on any atom is 0.225 e. The topological polar surface area (TPSA) is 37.4 Å². The summed E-state index contributed by atoms with van der Waals surface area (Å²) in [6.45, 7) is 1.44.